The molecule has 2 saturated heterocycles. The summed E-state index contributed by atoms with van der Waals surface area (Å²) in [6.45, 7) is 7.22. The number of carboxylic acid groups (broad SMARTS) is 3. The first-order chi connectivity index (χ1) is 25.9. The van der Waals surface area contributed by atoms with Gasteiger partial charge in [-0.05, 0) is 25.7 Å². The van der Waals surface area contributed by atoms with Gasteiger partial charge in [0.25, 0.3) is 0 Å². The number of likely N-dealkylation sites (tertiary alicyclic amines) is 1. The van der Waals surface area contributed by atoms with Crippen LogP contribution in [-0.4, -0.2) is 203 Å². The number of aliphatic carboxylic acids is 3. The molecule has 0 aromatic heterocycles. The zero-order valence-corrected chi connectivity index (χ0v) is 32.6. The topological polar surface area (TPSA) is 258 Å². The Bertz CT molecular complexity index is 1320. The summed E-state index contributed by atoms with van der Waals surface area (Å²) in [7, 11) is 0. The zero-order valence-electron chi connectivity index (χ0n) is 32.6. The molecule has 3 atom stereocenters. The third kappa shape index (κ3) is 18.0. The summed E-state index contributed by atoms with van der Waals surface area (Å²) in [5.74, 6) is -6.50. The van der Waals surface area contributed by atoms with Gasteiger partial charge in [-0.1, -0.05) is 20.7 Å². The second-order valence-corrected chi connectivity index (χ2v) is 14.9. The molecule has 20 heteroatoms. The van der Waals surface area contributed by atoms with Gasteiger partial charge >= 0.3 is 24.8 Å². The highest BCUT2D eigenvalue weighted by Crippen LogP contribution is 2.21. The summed E-state index contributed by atoms with van der Waals surface area (Å²) in [5.41, 5.74) is 0. The first-order valence-electron chi connectivity index (χ1n) is 19.0. The van der Waals surface area contributed by atoms with Crippen LogP contribution in [0.15, 0.2) is 0 Å². The highest BCUT2D eigenvalue weighted by Gasteiger charge is 2.37. The van der Waals surface area contributed by atoms with Gasteiger partial charge in [-0.3, -0.25) is 58.0 Å². The summed E-state index contributed by atoms with van der Waals surface area (Å²) >= 11 is 0. The summed E-state index contributed by atoms with van der Waals surface area (Å²) in [6.07, 6.45) is 0.913. The highest BCUT2D eigenvalue weighted by molar-refractivity contribution is 6.51. The van der Waals surface area contributed by atoms with Gasteiger partial charge in [-0.25, -0.2) is 0 Å². The minimum absolute atomic E-state index is 0.0806. The molecule has 19 nitrogen and oxygen atoms in total. The molecule has 2 aliphatic heterocycles. The quantitative estimate of drug-likeness (QED) is 0.0717. The molecule has 0 aromatic carbocycles. The van der Waals surface area contributed by atoms with Crippen molar-refractivity contribution in [3.8, 4) is 0 Å². The number of carbonyl (C=O) groups excluding carboxylic acids is 5. The van der Waals surface area contributed by atoms with E-state index >= 15 is 0 Å². The molecule has 0 saturated carbocycles. The predicted octanol–water partition coefficient (Wildman–Crippen LogP) is -2.19. The fourth-order valence-corrected chi connectivity index (χ4v) is 6.80. The van der Waals surface area contributed by atoms with E-state index in [1.807, 2.05) is 0 Å². The summed E-state index contributed by atoms with van der Waals surface area (Å²) in [5, 5.41) is 43.4. The van der Waals surface area contributed by atoms with Crippen LogP contribution in [0.3, 0.4) is 0 Å². The molecule has 2 aliphatic rings. The van der Waals surface area contributed by atoms with Crippen LogP contribution in [0.2, 0.25) is 6.82 Å². The second-order valence-electron chi connectivity index (χ2n) is 14.9. The minimum Gasteiger partial charge on any atom is -0.480 e. The van der Waals surface area contributed by atoms with Crippen molar-refractivity contribution in [3.63, 3.8) is 0 Å². The number of amides is 3. The van der Waals surface area contributed by atoms with Gasteiger partial charge in [0.1, 0.15) is 11.8 Å². The Labute approximate surface area is 322 Å². The Morgan fingerprint density at radius 2 is 1.13 bits per heavy atom. The number of Topliss-reactive ketones (excluding diaryl/α,β-unsaturated/α-hetero) is 2. The lowest BCUT2D eigenvalue weighted by Crippen LogP contribution is -2.53. The van der Waals surface area contributed by atoms with Gasteiger partial charge in [-0.2, -0.15) is 0 Å². The number of nitrogens with one attached hydrogen (secondary N) is 2. The van der Waals surface area contributed by atoms with Crippen molar-refractivity contribution in [2.75, 3.05) is 91.6 Å². The van der Waals surface area contributed by atoms with E-state index in [9.17, 15) is 58.7 Å². The molecule has 55 heavy (non-hydrogen) atoms. The smallest absolute Gasteiger partial charge is 0.317 e. The van der Waals surface area contributed by atoms with Crippen molar-refractivity contribution >= 4 is 54.1 Å². The minimum atomic E-state index is -1.06. The van der Waals surface area contributed by atoms with Crippen molar-refractivity contribution in [1.82, 2.24) is 35.1 Å². The van der Waals surface area contributed by atoms with Crippen molar-refractivity contribution in [1.29, 1.82) is 0 Å². The van der Waals surface area contributed by atoms with Crippen LogP contribution in [0, 0.1) is 11.8 Å². The molecule has 310 valence electrons. The van der Waals surface area contributed by atoms with Crippen LogP contribution >= 0.6 is 0 Å². The van der Waals surface area contributed by atoms with Crippen molar-refractivity contribution < 1.29 is 58.7 Å². The first-order valence-corrected chi connectivity index (χ1v) is 19.0. The SMILES string of the molecule is CB(O)[C@@H]1CCCN1C(=O)[C@@H](C)NC(=O)C(CC(=O)CNC(=O)CCC(=O)CN1CCN(CC(=O)O)CCN(CC(=O)O)CCN(CC(=O)O)CC1)C(C)C. The average molecular weight is 782 g/mol. The van der Waals surface area contributed by atoms with Crippen LogP contribution in [0.5, 0.6) is 0 Å². The van der Waals surface area contributed by atoms with Crippen molar-refractivity contribution in [3.05, 3.63) is 0 Å². The third-order valence-corrected chi connectivity index (χ3v) is 9.98. The number of hydrogen-bond acceptors (Lipinski definition) is 13. The lowest BCUT2D eigenvalue weighted by molar-refractivity contribution is -0.140. The van der Waals surface area contributed by atoms with Gasteiger partial charge in [-0.15, -0.1) is 0 Å². The number of nitrogens with zero attached hydrogens (tertiary/aromatic N) is 5. The average Bonchev–Trinajstić information content (AvgIpc) is 3.59. The standard InChI is InChI=1S/C35H60BN7O12/c1-24(2)28(34(53)38-25(3)35(54)43-9-5-6-29(43)36(4)55)18-27(45)19-37-30(46)8-7-26(44)20-39-10-12-40(21-31(47)48)14-16-42(23-33(51)52)17-15-41(13-11-39)22-32(49)50/h24-25,28-29,55H,5-23H2,1-4H3,(H,37,46)(H,38,53)(H,47,48)(H,49,50)(H,51,52)/t25-,28?,29+/m1/s1. The van der Waals surface area contributed by atoms with E-state index in [4.69, 9.17) is 0 Å². The number of hydrogen-bond donors (Lipinski definition) is 6. The van der Waals surface area contributed by atoms with E-state index < -0.39 is 54.4 Å². The zero-order chi connectivity index (χ0) is 41.2. The molecule has 3 amide bonds. The first kappa shape index (κ1) is 47.2. The maximum absolute atomic E-state index is 13.1. The molecule has 0 radical (unpaired) electrons. The van der Waals surface area contributed by atoms with Gasteiger partial charge in [0.2, 0.25) is 17.7 Å². The Hall–Kier alpha value is -3.98. The van der Waals surface area contributed by atoms with Crippen LogP contribution in [0.25, 0.3) is 0 Å². The van der Waals surface area contributed by atoms with E-state index in [0.29, 0.717) is 13.0 Å². The molecular weight excluding hydrogens is 721 g/mol. The molecule has 0 bridgehead atoms. The van der Waals surface area contributed by atoms with Crippen LogP contribution in [0.4, 0.5) is 0 Å². The number of carboxylic acids is 3. The highest BCUT2D eigenvalue weighted by atomic mass is 16.4. The van der Waals surface area contributed by atoms with E-state index in [1.165, 1.54) is 0 Å². The summed E-state index contributed by atoms with van der Waals surface area (Å²) in [6, 6.07) is -0.856. The predicted molar refractivity (Wildman–Crippen MR) is 200 cm³/mol. The van der Waals surface area contributed by atoms with E-state index in [0.717, 1.165) is 6.42 Å². The maximum atomic E-state index is 13.1. The van der Waals surface area contributed by atoms with Crippen LogP contribution in [0.1, 0.15) is 52.9 Å². The van der Waals surface area contributed by atoms with Gasteiger partial charge < -0.3 is 35.9 Å². The van der Waals surface area contributed by atoms with Crippen LogP contribution < -0.4 is 10.6 Å². The lowest BCUT2D eigenvalue weighted by Gasteiger charge is -2.32. The van der Waals surface area contributed by atoms with E-state index in [-0.39, 0.29) is 128 Å². The normalized spacial score (nSPS) is 19.5. The maximum Gasteiger partial charge on any atom is 0.317 e. The summed E-state index contributed by atoms with van der Waals surface area (Å²) < 4.78 is 0. The lowest BCUT2D eigenvalue weighted by atomic mass is 9.62. The van der Waals surface area contributed by atoms with Crippen molar-refractivity contribution in [2.24, 2.45) is 11.8 Å². The largest absolute Gasteiger partial charge is 0.480 e. The Morgan fingerprint density at radius 3 is 1.55 bits per heavy atom. The number of ketones is 2. The fraction of sp³-hybridized carbons (Fsp3) is 0.771. The Morgan fingerprint density at radius 1 is 0.673 bits per heavy atom. The molecule has 2 rings (SSSR count). The third-order valence-electron chi connectivity index (χ3n) is 9.98. The van der Waals surface area contributed by atoms with E-state index in [2.05, 4.69) is 10.6 Å². The van der Waals surface area contributed by atoms with Gasteiger partial charge in [0.05, 0.1) is 32.7 Å². The van der Waals surface area contributed by atoms with Crippen molar-refractivity contribution in [2.45, 2.75) is 71.7 Å². The molecule has 0 aliphatic carbocycles. The molecule has 1 unspecified atom stereocenters. The number of rotatable bonds is 20. The second kappa shape index (κ2) is 23.8. The van der Waals surface area contributed by atoms with Gasteiger partial charge in [0, 0.05) is 90.0 Å². The van der Waals surface area contributed by atoms with Gasteiger partial charge in [0.15, 0.2) is 5.78 Å². The van der Waals surface area contributed by atoms with E-state index in [1.54, 1.807) is 52.1 Å². The fourth-order valence-electron chi connectivity index (χ4n) is 6.80. The molecule has 2 heterocycles. The molecule has 6 N–H and O–H groups in total. The Balaban J connectivity index is 1.91. The molecule has 0 spiro atoms. The van der Waals surface area contributed by atoms with Crippen LogP contribution in [-0.2, 0) is 38.4 Å². The Kier molecular flexibility index (Phi) is 20.4. The monoisotopic (exact) mass is 781 g/mol. The molecular formula is C35H60BN7O12. The molecule has 2 fully saturated rings. The molecule has 0 aromatic rings. The summed E-state index contributed by atoms with van der Waals surface area (Å²) in [4.78, 5) is 107. The number of carbonyl (C=O) groups is 8.